The van der Waals surface area contributed by atoms with Gasteiger partial charge in [-0.05, 0) is 42.7 Å². The minimum Gasteiger partial charge on any atom is -0.494 e. The Morgan fingerprint density at radius 1 is 0.750 bits per heavy atom. The zero-order valence-electron chi connectivity index (χ0n) is 14.7. The number of nitrogen functional groups attached to an aromatic ring is 2. The molecule has 4 N–H and O–H groups in total. The fourth-order valence-electron chi connectivity index (χ4n) is 2.39. The van der Waals surface area contributed by atoms with Gasteiger partial charge in [0.1, 0.15) is 11.5 Å². The molecule has 2 aromatic rings. The van der Waals surface area contributed by atoms with Crippen molar-refractivity contribution in [2.75, 3.05) is 24.7 Å². The maximum absolute atomic E-state index is 6.22. The van der Waals surface area contributed by atoms with E-state index >= 15 is 0 Å². The molecule has 0 heterocycles. The number of nitrogens with two attached hydrogens (primary N) is 2. The van der Waals surface area contributed by atoms with E-state index in [9.17, 15) is 0 Å². The zero-order valence-corrected chi connectivity index (χ0v) is 14.7. The largest absolute Gasteiger partial charge is 0.494 e. The third-order valence-corrected chi connectivity index (χ3v) is 3.93. The highest BCUT2D eigenvalue weighted by Crippen LogP contribution is 2.37. The fourth-order valence-corrected chi connectivity index (χ4v) is 2.39. The normalized spacial score (nSPS) is 10.6. The molecule has 0 saturated carbocycles. The Morgan fingerprint density at radius 2 is 1.38 bits per heavy atom. The highest BCUT2D eigenvalue weighted by Gasteiger charge is 2.11. The number of unbranched alkanes of at least 4 members (excludes halogenated alkanes) is 2. The van der Waals surface area contributed by atoms with Crippen molar-refractivity contribution < 1.29 is 9.47 Å². The molecule has 2 aromatic carbocycles. The van der Waals surface area contributed by atoms with Gasteiger partial charge in [-0.2, -0.15) is 0 Å². The van der Waals surface area contributed by atoms with Crippen molar-refractivity contribution in [3.63, 3.8) is 0 Å². The van der Waals surface area contributed by atoms with Crippen molar-refractivity contribution in [1.29, 1.82) is 0 Å². The first-order chi connectivity index (χ1) is 11.7. The van der Waals surface area contributed by atoms with Crippen LogP contribution in [0.1, 0.15) is 39.5 Å². The van der Waals surface area contributed by atoms with Gasteiger partial charge in [0.2, 0.25) is 0 Å². The van der Waals surface area contributed by atoms with Crippen LogP contribution in [0.15, 0.2) is 36.4 Å². The van der Waals surface area contributed by atoms with E-state index in [1.54, 1.807) is 0 Å². The summed E-state index contributed by atoms with van der Waals surface area (Å²) >= 11 is 0. The lowest BCUT2D eigenvalue weighted by atomic mass is 10.0. The molecule has 0 amide bonds. The summed E-state index contributed by atoms with van der Waals surface area (Å²) in [5.74, 6) is 1.53. The van der Waals surface area contributed by atoms with Crippen LogP contribution in [-0.2, 0) is 0 Å². The molecular weight excluding hydrogens is 300 g/mol. The molecule has 4 heteroatoms. The van der Waals surface area contributed by atoms with Crippen molar-refractivity contribution >= 4 is 11.4 Å². The molecule has 4 nitrogen and oxygen atoms in total. The van der Waals surface area contributed by atoms with E-state index in [1.165, 1.54) is 0 Å². The van der Waals surface area contributed by atoms with Gasteiger partial charge in [-0.25, -0.2) is 0 Å². The average molecular weight is 328 g/mol. The molecule has 0 aliphatic heterocycles. The summed E-state index contributed by atoms with van der Waals surface area (Å²) in [4.78, 5) is 0. The Kier molecular flexibility index (Phi) is 6.79. The number of benzene rings is 2. The van der Waals surface area contributed by atoms with E-state index < -0.39 is 0 Å². The minimum atomic E-state index is 0.506. The van der Waals surface area contributed by atoms with Crippen LogP contribution < -0.4 is 20.9 Å². The predicted octanol–water partition coefficient (Wildman–Crippen LogP) is 4.88. The van der Waals surface area contributed by atoms with Crippen LogP contribution in [0.3, 0.4) is 0 Å². The van der Waals surface area contributed by atoms with Crippen LogP contribution in [-0.4, -0.2) is 13.2 Å². The monoisotopic (exact) mass is 328 g/mol. The smallest absolute Gasteiger partial charge is 0.144 e. The lowest BCUT2D eigenvalue weighted by Gasteiger charge is -2.14. The van der Waals surface area contributed by atoms with Crippen LogP contribution >= 0.6 is 0 Å². The van der Waals surface area contributed by atoms with Crippen LogP contribution in [0.25, 0.3) is 11.1 Å². The van der Waals surface area contributed by atoms with Crippen LogP contribution in [0, 0.1) is 0 Å². The second-order valence-electron chi connectivity index (χ2n) is 5.87. The van der Waals surface area contributed by atoms with Crippen molar-refractivity contribution in [2.24, 2.45) is 0 Å². The molecule has 0 aliphatic carbocycles. The third kappa shape index (κ3) is 4.57. The molecule has 130 valence electrons. The first kappa shape index (κ1) is 18.0. The van der Waals surface area contributed by atoms with Crippen molar-refractivity contribution in [1.82, 2.24) is 0 Å². The van der Waals surface area contributed by atoms with Crippen molar-refractivity contribution in [3.05, 3.63) is 36.4 Å². The third-order valence-electron chi connectivity index (χ3n) is 3.93. The second-order valence-corrected chi connectivity index (χ2v) is 5.87. The topological polar surface area (TPSA) is 70.5 Å². The lowest BCUT2D eigenvalue weighted by Crippen LogP contribution is -2.04. The molecule has 2 rings (SSSR count). The van der Waals surface area contributed by atoms with Gasteiger partial charge in [0.05, 0.1) is 24.6 Å². The van der Waals surface area contributed by atoms with E-state index in [1.807, 2.05) is 36.4 Å². The number of anilines is 2. The first-order valence-electron chi connectivity index (χ1n) is 8.71. The summed E-state index contributed by atoms with van der Waals surface area (Å²) in [6.07, 6.45) is 4.27. The molecule has 0 aromatic heterocycles. The summed E-state index contributed by atoms with van der Waals surface area (Å²) in [6.45, 7) is 5.67. The molecule has 0 unspecified atom stereocenters. The second kappa shape index (κ2) is 9.06. The molecule has 24 heavy (non-hydrogen) atoms. The fraction of sp³-hybridized carbons (Fsp3) is 0.400. The molecule has 0 atom stereocenters. The zero-order chi connectivity index (χ0) is 17.4. The predicted molar refractivity (Wildman–Crippen MR) is 102 cm³/mol. The quantitative estimate of drug-likeness (QED) is 0.508. The van der Waals surface area contributed by atoms with Gasteiger partial charge in [0.25, 0.3) is 0 Å². The summed E-state index contributed by atoms with van der Waals surface area (Å²) in [6, 6.07) is 11.8. The molecular formula is C20H28N2O2. The Balaban J connectivity index is 2.12. The number of ether oxygens (including phenoxy) is 2. The van der Waals surface area contributed by atoms with Gasteiger partial charge in [-0.1, -0.05) is 38.8 Å². The van der Waals surface area contributed by atoms with Crippen molar-refractivity contribution in [2.45, 2.75) is 39.5 Å². The molecule has 0 aliphatic rings. The molecule has 0 spiro atoms. The first-order valence-corrected chi connectivity index (χ1v) is 8.71. The maximum Gasteiger partial charge on any atom is 0.144 e. The summed E-state index contributed by atoms with van der Waals surface area (Å²) in [5.41, 5.74) is 15.4. The van der Waals surface area contributed by atoms with Crippen LogP contribution in [0.5, 0.6) is 11.5 Å². The van der Waals surface area contributed by atoms with Gasteiger partial charge in [-0.15, -0.1) is 0 Å². The Labute approximate surface area is 144 Å². The molecule has 0 radical (unpaired) electrons. The highest BCUT2D eigenvalue weighted by molar-refractivity contribution is 5.87. The number of hydrogen-bond donors (Lipinski definition) is 2. The van der Waals surface area contributed by atoms with Gasteiger partial charge < -0.3 is 20.9 Å². The van der Waals surface area contributed by atoms with E-state index in [0.717, 1.165) is 49.2 Å². The van der Waals surface area contributed by atoms with Gasteiger partial charge >= 0.3 is 0 Å². The molecule has 0 fully saturated rings. The minimum absolute atomic E-state index is 0.506. The summed E-state index contributed by atoms with van der Waals surface area (Å²) in [5, 5.41) is 0. The Bertz CT molecular complexity index is 639. The maximum atomic E-state index is 6.22. The van der Waals surface area contributed by atoms with E-state index in [0.29, 0.717) is 23.7 Å². The Morgan fingerprint density at radius 3 is 2.00 bits per heavy atom. The summed E-state index contributed by atoms with van der Waals surface area (Å²) < 4.78 is 11.4. The average Bonchev–Trinajstić information content (AvgIpc) is 2.60. The standard InChI is InChI=1S/C20H28N2O2/c1-3-5-13-23-16-9-7-15(8-10-16)17-11-12-18(20(22)19(17)21)24-14-6-4-2/h7-12H,3-6,13-14,21-22H2,1-2H3. The Hall–Kier alpha value is -2.36. The number of hydrogen-bond acceptors (Lipinski definition) is 4. The summed E-state index contributed by atoms with van der Waals surface area (Å²) in [7, 11) is 0. The lowest BCUT2D eigenvalue weighted by molar-refractivity contribution is 0.309. The van der Waals surface area contributed by atoms with E-state index in [-0.39, 0.29) is 0 Å². The highest BCUT2D eigenvalue weighted by atomic mass is 16.5. The SMILES string of the molecule is CCCCOc1ccc(-c2ccc(OCCCC)c(N)c2N)cc1. The van der Waals surface area contributed by atoms with E-state index in [4.69, 9.17) is 20.9 Å². The molecule has 0 saturated heterocycles. The molecule has 0 bridgehead atoms. The van der Waals surface area contributed by atoms with E-state index in [2.05, 4.69) is 13.8 Å². The number of rotatable bonds is 9. The van der Waals surface area contributed by atoms with Gasteiger partial charge in [-0.3, -0.25) is 0 Å². The van der Waals surface area contributed by atoms with Gasteiger partial charge in [0.15, 0.2) is 0 Å². The van der Waals surface area contributed by atoms with Crippen LogP contribution in [0.4, 0.5) is 11.4 Å². The van der Waals surface area contributed by atoms with Crippen LogP contribution in [0.2, 0.25) is 0 Å². The van der Waals surface area contributed by atoms with Gasteiger partial charge in [0, 0.05) is 5.56 Å². The van der Waals surface area contributed by atoms with Crippen molar-refractivity contribution in [3.8, 4) is 22.6 Å².